The van der Waals surface area contributed by atoms with Gasteiger partial charge in [-0.1, -0.05) is 30.1 Å². The fourth-order valence-corrected chi connectivity index (χ4v) is 2.60. The summed E-state index contributed by atoms with van der Waals surface area (Å²) in [6.07, 6.45) is 0. The van der Waals surface area contributed by atoms with Gasteiger partial charge in [-0.05, 0) is 24.8 Å². The van der Waals surface area contributed by atoms with Crippen molar-refractivity contribution in [2.24, 2.45) is 0 Å². The van der Waals surface area contributed by atoms with Crippen molar-refractivity contribution in [3.05, 3.63) is 22.2 Å². The normalized spacial score (nSPS) is 12.5. The molecule has 1 rings (SSSR count). The average molecular weight is 279 g/mol. The second kappa shape index (κ2) is 6.48. The number of hydrogen-bond donors (Lipinski definition) is 2. The molecule has 0 aliphatic carbocycles. The predicted molar refractivity (Wildman–Crippen MR) is 77.0 cm³/mol. The number of nitrogens with one attached hydrogen (secondary N) is 1. The highest BCUT2D eigenvalue weighted by molar-refractivity contribution is 7.99. The highest BCUT2D eigenvalue weighted by Crippen LogP contribution is 2.33. The maximum Gasteiger partial charge on any atom is 0.0722 e. The Kier molecular flexibility index (Phi) is 5.59. The van der Waals surface area contributed by atoms with Crippen molar-refractivity contribution < 1.29 is 0 Å². The van der Waals surface area contributed by atoms with Crippen LogP contribution in [0.25, 0.3) is 0 Å². The zero-order chi connectivity index (χ0) is 12.1. The van der Waals surface area contributed by atoms with Crippen LogP contribution in [0.3, 0.4) is 0 Å². The number of halogens is 2. The molecule has 0 aliphatic rings. The number of nitrogen functional groups attached to an aromatic ring is 1. The van der Waals surface area contributed by atoms with E-state index in [1.165, 1.54) is 0 Å². The fraction of sp³-hybridized carbons (Fsp3) is 0.455. The summed E-state index contributed by atoms with van der Waals surface area (Å²) < 4.78 is 0. The van der Waals surface area contributed by atoms with Crippen molar-refractivity contribution >= 4 is 46.3 Å². The SMILES string of the molecule is CCSCC(C)Nc1c(Cl)cc(N)cc1Cl. The molecular formula is C11H16Cl2N2S. The number of rotatable bonds is 5. The minimum absolute atomic E-state index is 0.323. The summed E-state index contributed by atoms with van der Waals surface area (Å²) in [5.41, 5.74) is 6.98. The van der Waals surface area contributed by atoms with Gasteiger partial charge in [0.1, 0.15) is 0 Å². The van der Waals surface area contributed by atoms with E-state index in [9.17, 15) is 0 Å². The molecule has 0 fully saturated rings. The molecule has 1 aromatic rings. The van der Waals surface area contributed by atoms with E-state index in [4.69, 9.17) is 28.9 Å². The molecule has 0 aliphatic heterocycles. The Morgan fingerprint density at radius 3 is 2.44 bits per heavy atom. The third-order valence-corrected chi connectivity index (χ3v) is 3.77. The Hall–Kier alpha value is -0.250. The lowest BCUT2D eigenvalue weighted by Crippen LogP contribution is -2.18. The van der Waals surface area contributed by atoms with Crippen LogP contribution < -0.4 is 11.1 Å². The Labute approximate surface area is 111 Å². The van der Waals surface area contributed by atoms with Gasteiger partial charge in [-0.25, -0.2) is 0 Å². The Balaban J connectivity index is 2.73. The van der Waals surface area contributed by atoms with E-state index >= 15 is 0 Å². The van der Waals surface area contributed by atoms with E-state index in [0.717, 1.165) is 17.2 Å². The maximum absolute atomic E-state index is 6.08. The number of hydrogen-bond acceptors (Lipinski definition) is 3. The van der Waals surface area contributed by atoms with Crippen LogP contribution in [0, 0.1) is 0 Å². The summed E-state index contributed by atoms with van der Waals surface area (Å²) in [4.78, 5) is 0. The molecule has 90 valence electrons. The topological polar surface area (TPSA) is 38.0 Å². The third kappa shape index (κ3) is 3.96. The van der Waals surface area contributed by atoms with Crippen molar-refractivity contribution in [1.29, 1.82) is 0 Å². The Morgan fingerprint density at radius 1 is 1.38 bits per heavy atom. The Morgan fingerprint density at radius 2 is 1.94 bits per heavy atom. The molecule has 1 aromatic carbocycles. The summed E-state index contributed by atoms with van der Waals surface area (Å²) in [5.74, 6) is 2.13. The van der Waals surface area contributed by atoms with Gasteiger partial charge in [-0.3, -0.25) is 0 Å². The van der Waals surface area contributed by atoms with Crippen LogP contribution in [0.4, 0.5) is 11.4 Å². The van der Waals surface area contributed by atoms with Gasteiger partial charge in [0.05, 0.1) is 15.7 Å². The summed E-state index contributed by atoms with van der Waals surface area (Å²) >= 11 is 14.0. The second-order valence-corrected chi connectivity index (χ2v) is 5.70. The lowest BCUT2D eigenvalue weighted by atomic mass is 10.2. The van der Waals surface area contributed by atoms with Crippen LogP contribution in [0.2, 0.25) is 10.0 Å². The van der Waals surface area contributed by atoms with E-state index in [2.05, 4.69) is 19.2 Å². The van der Waals surface area contributed by atoms with E-state index in [1.807, 2.05) is 11.8 Å². The van der Waals surface area contributed by atoms with Crippen LogP contribution in [-0.2, 0) is 0 Å². The molecule has 0 spiro atoms. The van der Waals surface area contributed by atoms with Gasteiger partial charge in [-0.15, -0.1) is 0 Å². The van der Waals surface area contributed by atoms with Crippen LogP contribution >= 0.6 is 35.0 Å². The largest absolute Gasteiger partial charge is 0.399 e. The lowest BCUT2D eigenvalue weighted by molar-refractivity contribution is 0.913. The number of benzene rings is 1. The van der Waals surface area contributed by atoms with E-state index in [0.29, 0.717) is 21.8 Å². The van der Waals surface area contributed by atoms with Crippen molar-refractivity contribution in [3.63, 3.8) is 0 Å². The van der Waals surface area contributed by atoms with Crippen molar-refractivity contribution in [2.75, 3.05) is 22.6 Å². The first-order valence-corrected chi connectivity index (χ1v) is 7.04. The summed E-state index contributed by atoms with van der Waals surface area (Å²) in [5, 5.41) is 4.44. The van der Waals surface area contributed by atoms with Crippen molar-refractivity contribution in [1.82, 2.24) is 0 Å². The molecule has 5 heteroatoms. The standard InChI is InChI=1S/C11H16Cl2N2S/c1-3-16-6-7(2)15-11-9(12)4-8(14)5-10(11)13/h4-5,7,15H,3,6,14H2,1-2H3. The molecule has 0 aromatic heterocycles. The molecule has 2 nitrogen and oxygen atoms in total. The van der Waals surface area contributed by atoms with Crippen LogP contribution in [0.5, 0.6) is 0 Å². The van der Waals surface area contributed by atoms with Gasteiger partial charge in [0.25, 0.3) is 0 Å². The highest BCUT2D eigenvalue weighted by atomic mass is 35.5. The minimum Gasteiger partial charge on any atom is -0.399 e. The molecule has 16 heavy (non-hydrogen) atoms. The van der Waals surface area contributed by atoms with Gasteiger partial charge in [0.2, 0.25) is 0 Å². The van der Waals surface area contributed by atoms with Gasteiger partial charge in [-0.2, -0.15) is 11.8 Å². The Bertz CT molecular complexity index is 335. The van der Waals surface area contributed by atoms with Gasteiger partial charge in [0.15, 0.2) is 0 Å². The molecule has 0 bridgehead atoms. The van der Waals surface area contributed by atoms with Crippen LogP contribution in [0.1, 0.15) is 13.8 Å². The summed E-state index contributed by atoms with van der Waals surface area (Å²) in [6.45, 7) is 4.24. The molecule has 1 unspecified atom stereocenters. The summed E-state index contributed by atoms with van der Waals surface area (Å²) in [6, 6.07) is 3.73. The van der Waals surface area contributed by atoms with Gasteiger partial charge < -0.3 is 11.1 Å². The van der Waals surface area contributed by atoms with Crippen LogP contribution in [0.15, 0.2) is 12.1 Å². The first kappa shape index (κ1) is 13.8. The molecule has 0 saturated carbocycles. The van der Waals surface area contributed by atoms with E-state index < -0.39 is 0 Å². The van der Waals surface area contributed by atoms with E-state index in [1.54, 1.807) is 12.1 Å². The molecule has 0 radical (unpaired) electrons. The van der Waals surface area contributed by atoms with Gasteiger partial charge in [0, 0.05) is 17.5 Å². The lowest BCUT2D eigenvalue weighted by Gasteiger charge is -2.17. The number of nitrogens with two attached hydrogens (primary N) is 1. The molecule has 0 heterocycles. The van der Waals surface area contributed by atoms with Gasteiger partial charge >= 0.3 is 0 Å². The van der Waals surface area contributed by atoms with Crippen LogP contribution in [-0.4, -0.2) is 17.5 Å². The first-order chi connectivity index (χ1) is 7.54. The van der Waals surface area contributed by atoms with Crippen molar-refractivity contribution in [3.8, 4) is 0 Å². The fourth-order valence-electron chi connectivity index (χ4n) is 1.31. The molecule has 0 amide bonds. The zero-order valence-electron chi connectivity index (χ0n) is 9.39. The van der Waals surface area contributed by atoms with E-state index in [-0.39, 0.29) is 0 Å². The van der Waals surface area contributed by atoms with Crippen molar-refractivity contribution in [2.45, 2.75) is 19.9 Å². The molecular weight excluding hydrogens is 263 g/mol. The average Bonchev–Trinajstić information content (AvgIpc) is 2.20. The monoisotopic (exact) mass is 278 g/mol. The molecule has 1 atom stereocenters. The molecule has 3 N–H and O–H groups in total. The molecule has 0 saturated heterocycles. The quantitative estimate of drug-likeness (QED) is 0.796. The predicted octanol–water partition coefficient (Wildman–Crippen LogP) is 4.13. The number of anilines is 2. The first-order valence-electron chi connectivity index (χ1n) is 5.13. The maximum atomic E-state index is 6.08. The summed E-state index contributed by atoms with van der Waals surface area (Å²) in [7, 11) is 0. The number of thioether (sulfide) groups is 1. The second-order valence-electron chi connectivity index (χ2n) is 3.56. The minimum atomic E-state index is 0.323. The highest BCUT2D eigenvalue weighted by Gasteiger charge is 2.10. The third-order valence-electron chi connectivity index (χ3n) is 2.03. The zero-order valence-corrected chi connectivity index (χ0v) is 11.7. The smallest absolute Gasteiger partial charge is 0.0722 e.